The molecule has 0 radical (unpaired) electrons. The summed E-state index contributed by atoms with van der Waals surface area (Å²) < 4.78 is 7.39. The van der Waals surface area contributed by atoms with Crippen LogP contribution in [0.15, 0.2) is 24.3 Å². The third kappa shape index (κ3) is 2.13. The molecule has 3 aromatic rings. The van der Waals surface area contributed by atoms with Crippen molar-refractivity contribution in [2.45, 2.75) is 33.6 Å². The highest BCUT2D eigenvalue weighted by molar-refractivity contribution is 5.86. The number of para-hydroxylation sites is 2. The Kier molecular flexibility index (Phi) is 3.56. The van der Waals surface area contributed by atoms with Gasteiger partial charge in [-0.3, -0.25) is 0 Å². The van der Waals surface area contributed by atoms with Gasteiger partial charge in [-0.1, -0.05) is 26.0 Å². The summed E-state index contributed by atoms with van der Waals surface area (Å²) in [7, 11) is 1.67. The van der Waals surface area contributed by atoms with Crippen LogP contribution in [0.25, 0.3) is 16.6 Å². The van der Waals surface area contributed by atoms with Crippen molar-refractivity contribution in [3.63, 3.8) is 0 Å². The average molecular weight is 296 g/mol. The SMILES string of the molecule is COc1ccccc1-n1nc2c(C(C)C)nnc(C)c2c1C. The van der Waals surface area contributed by atoms with Crippen molar-refractivity contribution >= 4 is 10.9 Å². The molecule has 0 spiro atoms. The second kappa shape index (κ2) is 5.40. The molecule has 2 heterocycles. The highest BCUT2D eigenvalue weighted by Crippen LogP contribution is 2.30. The van der Waals surface area contributed by atoms with Gasteiger partial charge in [-0.15, -0.1) is 0 Å². The van der Waals surface area contributed by atoms with Crippen molar-refractivity contribution < 1.29 is 4.74 Å². The number of nitrogens with zero attached hydrogens (tertiary/aromatic N) is 4. The smallest absolute Gasteiger partial charge is 0.144 e. The van der Waals surface area contributed by atoms with Gasteiger partial charge in [-0.25, -0.2) is 4.68 Å². The van der Waals surface area contributed by atoms with E-state index in [1.807, 2.05) is 35.9 Å². The number of aryl methyl sites for hydroxylation is 2. The van der Waals surface area contributed by atoms with E-state index >= 15 is 0 Å². The summed E-state index contributed by atoms with van der Waals surface area (Å²) in [6.45, 7) is 8.24. The zero-order valence-electron chi connectivity index (χ0n) is 13.6. The lowest BCUT2D eigenvalue weighted by Gasteiger charge is -2.09. The lowest BCUT2D eigenvalue weighted by molar-refractivity contribution is 0.411. The highest BCUT2D eigenvalue weighted by Gasteiger charge is 2.19. The fourth-order valence-electron chi connectivity index (χ4n) is 2.77. The van der Waals surface area contributed by atoms with Gasteiger partial charge in [0.05, 0.1) is 24.2 Å². The van der Waals surface area contributed by atoms with Crippen molar-refractivity contribution in [1.82, 2.24) is 20.0 Å². The molecule has 0 saturated heterocycles. The van der Waals surface area contributed by atoms with E-state index in [2.05, 4.69) is 31.0 Å². The molecule has 0 N–H and O–H groups in total. The van der Waals surface area contributed by atoms with Crippen LogP contribution >= 0.6 is 0 Å². The number of methoxy groups -OCH3 is 1. The largest absolute Gasteiger partial charge is 0.494 e. The molecular formula is C17H20N4O. The van der Waals surface area contributed by atoms with E-state index in [9.17, 15) is 0 Å². The average Bonchev–Trinajstić information content (AvgIpc) is 2.85. The van der Waals surface area contributed by atoms with Gasteiger partial charge in [0.15, 0.2) is 0 Å². The molecule has 5 heteroatoms. The first-order valence-corrected chi connectivity index (χ1v) is 7.40. The highest BCUT2D eigenvalue weighted by atomic mass is 16.5. The Balaban J connectivity index is 2.35. The molecule has 5 nitrogen and oxygen atoms in total. The Morgan fingerprint density at radius 1 is 1.09 bits per heavy atom. The molecule has 2 aromatic heterocycles. The molecule has 0 atom stereocenters. The lowest BCUT2D eigenvalue weighted by atomic mass is 10.1. The third-order valence-corrected chi connectivity index (χ3v) is 3.89. The van der Waals surface area contributed by atoms with E-state index in [0.717, 1.165) is 39.4 Å². The molecule has 0 amide bonds. The Bertz CT molecular complexity index is 836. The summed E-state index contributed by atoms with van der Waals surface area (Å²) in [6, 6.07) is 7.88. The molecule has 1 aromatic carbocycles. The number of rotatable bonds is 3. The van der Waals surface area contributed by atoms with Crippen LogP contribution in [0.2, 0.25) is 0 Å². The summed E-state index contributed by atoms with van der Waals surface area (Å²) >= 11 is 0. The minimum Gasteiger partial charge on any atom is -0.494 e. The normalized spacial score (nSPS) is 11.4. The molecule has 3 rings (SSSR count). The number of benzene rings is 1. The zero-order chi connectivity index (χ0) is 15.9. The fraction of sp³-hybridized carbons (Fsp3) is 0.353. The second-order valence-corrected chi connectivity index (χ2v) is 5.72. The van der Waals surface area contributed by atoms with Gasteiger partial charge in [-0.2, -0.15) is 15.3 Å². The van der Waals surface area contributed by atoms with E-state index in [4.69, 9.17) is 9.84 Å². The van der Waals surface area contributed by atoms with Crippen molar-refractivity contribution in [3.8, 4) is 11.4 Å². The number of hydrogen-bond acceptors (Lipinski definition) is 4. The Morgan fingerprint density at radius 2 is 1.82 bits per heavy atom. The summed E-state index contributed by atoms with van der Waals surface area (Å²) in [6.07, 6.45) is 0. The van der Waals surface area contributed by atoms with E-state index in [-0.39, 0.29) is 5.92 Å². The zero-order valence-corrected chi connectivity index (χ0v) is 13.6. The number of aromatic nitrogens is 4. The minimum absolute atomic E-state index is 0.274. The third-order valence-electron chi connectivity index (χ3n) is 3.89. The van der Waals surface area contributed by atoms with Crippen LogP contribution in [0, 0.1) is 13.8 Å². The predicted molar refractivity (Wildman–Crippen MR) is 86.8 cm³/mol. The maximum absolute atomic E-state index is 5.47. The predicted octanol–water partition coefficient (Wildman–Crippen LogP) is 3.56. The lowest BCUT2D eigenvalue weighted by Crippen LogP contribution is -2.01. The molecule has 0 fully saturated rings. The topological polar surface area (TPSA) is 52.8 Å². The van der Waals surface area contributed by atoms with Crippen molar-refractivity contribution in [2.24, 2.45) is 0 Å². The molecule has 0 saturated carbocycles. The van der Waals surface area contributed by atoms with Crippen LogP contribution < -0.4 is 4.74 Å². The molecule has 22 heavy (non-hydrogen) atoms. The maximum Gasteiger partial charge on any atom is 0.144 e. The van der Waals surface area contributed by atoms with Gasteiger partial charge < -0.3 is 4.74 Å². The van der Waals surface area contributed by atoms with Crippen LogP contribution in [-0.4, -0.2) is 27.1 Å². The van der Waals surface area contributed by atoms with Crippen LogP contribution in [-0.2, 0) is 0 Å². The molecule has 0 aliphatic rings. The first-order chi connectivity index (χ1) is 10.5. The minimum atomic E-state index is 0.274. The summed E-state index contributed by atoms with van der Waals surface area (Å²) in [5.74, 6) is 1.07. The molecule has 114 valence electrons. The number of hydrogen-bond donors (Lipinski definition) is 0. The van der Waals surface area contributed by atoms with E-state index in [0.29, 0.717) is 0 Å². The van der Waals surface area contributed by atoms with Crippen LogP contribution in [0.3, 0.4) is 0 Å². The van der Waals surface area contributed by atoms with Gasteiger partial charge in [0.25, 0.3) is 0 Å². The van der Waals surface area contributed by atoms with Gasteiger partial charge >= 0.3 is 0 Å². The van der Waals surface area contributed by atoms with Crippen LogP contribution in [0.4, 0.5) is 0 Å². The first kappa shape index (κ1) is 14.5. The number of fused-ring (bicyclic) bond motifs is 1. The quantitative estimate of drug-likeness (QED) is 0.741. The fourth-order valence-corrected chi connectivity index (χ4v) is 2.77. The molecule has 0 unspecified atom stereocenters. The summed E-state index contributed by atoms with van der Waals surface area (Å²) in [4.78, 5) is 0. The molecule has 0 aliphatic carbocycles. The number of ether oxygens (including phenoxy) is 1. The summed E-state index contributed by atoms with van der Waals surface area (Å²) in [5.41, 5.74) is 4.72. The van der Waals surface area contributed by atoms with Gasteiger partial charge in [0, 0.05) is 5.39 Å². The van der Waals surface area contributed by atoms with Gasteiger partial charge in [0.2, 0.25) is 0 Å². The van der Waals surface area contributed by atoms with Crippen LogP contribution in [0.1, 0.15) is 36.8 Å². The molecule has 0 aliphatic heterocycles. The standard InChI is InChI=1S/C17H20N4O/c1-10(2)16-17-15(11(3)18-19-16)12(4)21(20-17)13-8-6-7-9-14(13)22-5/h6-10H,1-5H3. The van der Waals surface area contributed by atoms with Gasteiger partial charge in [-0.05, 0) is 31.9 Å². The maximum atomic E-state index is 5.47. The monoisotopic (exact) mass is 296 g/mol. The van der Waals surface area contributed by atoms with E-state index in [1.54, 1.807) is 7.11 Å². The Labute approximate surface area is 129 Å². The Morgan fingerprint density at radius 3 is 2.50 bits per heavy atom. The van der Waals surface area contributed by atoms with Gasteiger partial charge in [0.1, 0.15) is 17.0 Å². The van der Waals surface area contributed by atoms with Crippen molar-refractivity contribution in [1.29, 1.82) is 0 Å². The van der Waals surface area contributed by atoms with Crippen molar-refractivity contribution in [2.75, 3.05) is 7.11 Å². The summed E-state index contributed by atoms with van der Waals surface area (Å²) in [5, 5.41) is 14.5. The molecular weight excluding hydrogens is 276 g/mol. The van der Waals surface area contributed by atoms with Crippen LogP contribution in [0.5, 0.6) is 5.75 Å². The Hall–Kier alpha value is -2.43. The van der Waals surface area contributed by atoms with E-state index in [1.165, 1.54) is 0 Å². The van der Waals surface area contributed by atoms with Crippen molar-refractivity contribution in [3.05, 3.63) is 41.3 Å². The molecule has 0 bridgehead atoms. The first-order valence-electron chi connectivity index (χ1n) is 7.40. The van der Waals surface area contributed by atoms with E-state index < -0.39 is 0 Å². The second-order valence-electron chi connectivity index (χ2n) is 5.72.